The highest BCUT2D eigenvalue weighted by Gasteiger charge is 2.40. The lowest BCUT2D eigenvalue weighted by atomic mass is 10.0. The number of hydrogen-bond donors (Lipinski definition) is 0. The molecule has 0 aliphatic rings. The molecule has 0 N–H and O–H groups in total. The predicted octanol–water partition coefficient (Wildman–Crippen LogP) is 7.10. The van der Waals surface area contributed by atoms with Crippen molar-refractivity contribution in [3.8, 4) is 17.2 Å². The lowest BCUT2D eigenvalue weighted by Gasteiger charge is -2.15. The van der Waals surface area contributed by atoms with Gasteiger partial charge in [-0.1, -0.05) is 44.2 Å². The van der Waals surface area contributed by atoms with E-state index in [9.17, 15) is 22.8 Å². The van der Waals surface area contributed by atoms with Gasteiger partial charge >= 0.3 is 12.1 Å². The van der Waals surface area contributed by atoms with Gasteiger partial charge in [-0.3, -0.25) is 9.59 Å². The molecule has 0 saturated carbocycles. The molecular formula is C26H21F3O5. The molecule has 4 rings (SSSR count). The molecule has 0 amide bonds. The fourth-order valence-corrected chi connectivity index (χ4v) is 3.67. The number of carbonyl (C=O) groups excluding carboxylic acids is 1. The maximum atomic E-state index is 13.8. The van der Waals surface area contributed by atoms with Gasteiger partial charge < -0.3 is 13.9 Å². The third kappa shape index (κ3) is 4.62. The monoisotopic (exact) mass is 470 g/mol. The van der Waals surface area contributed by atoms with E-state index in [1.165, 1.54) is 18.2 Å². The second-order valence-corrected chi connectivity index (χ2v) is 7.79. The van der Waals surface area contributed by atoms with Crippen LogP contribution in [0.25, 0.3) is 21.7 Å². The molecule has 8 heteroatoms. The molecular weight excluding hydrogens is 449 g/mol. The van der Waals surface area contributed by atoms with E-state index in [-0.39, 0.29) is 28.4 Å². The largest absolute Gasteiger partial charge is 0.453 e. The fourth-order valence-electron chi connectivity index (χ4n) is 3.67. The van der Waals surface area contributed by atoms with Crippen LogP contribution in [0.1, 0.15) is 32.4 Å². The molecule has 4 aromatic rings. The number of hydrogen-bond acceptors (Lipinski definition) is 5. The predicted molar refractivity (Wildman–Crippen MR) is 121 cm³/mol. The second-order valence-electron chi connectivity index (χ2n) is 7.79. The SMILES string of the molecule is CCC(CC)C(=O)Oc1ccc2c(=O)c(Oc3ccc4ccccc4c3)c(C(F)(F)F)oc2c1. The quantitative estimate of drug-likeness (QED) is 0.222. The average Bonchev–Trinajstić information content (AvgIpc) is 2.80. The summed E-state index contributed by atoms with van der Waals surface area (Å²) in [5.74, 6) is -3.32. The number of halogens is 3. The molecule has 0 saturated heterocycles. The first kappa shape index (κ1) is 23.4. The van der Waals surface area contributed by atoms with Crippen molar-refractivity contribution in [2.24, 2.45) is 5.92 Å². The molecule has 3 aromatic carbocycles. The Bertz CT molecular complexity index is 1420. The Morgan fingerprint density at radius 3 is 2.29 bits per heavy atom. The molecule has 0 unspecified atom stereocenters. The van der Waals surface area contributed by atoms with Crippen LogP contribution >= 0.6 is 0 Å². The number of fused-ring (bicyclic) bond motifs is 2. The van der Waals surface area contributed by atoms with Crippen LogP contribution in [0.5, 0.6) is 17.2 Å². The number of benzene rings is 3. The van der Waals surface area contributed by atoms with Crippen molar-refractivity contribution in [1.29, 1.82) is 0 Å². The van der Waals surface area contributed by atoms with E-state index in [1.807, 2.05) is 26.0 Å². The van der Waals surface area contributed by atoms with Crippen LogP contribution in [0, 0.1) is 5.92 Å². The van der Waals surface area contributed by atoms with Crippen LogP contribution in [-0.2, 0) is 11.0 Å². The van der Waals surface area contributed by atoms with Gasteiger partial charge in [0.05, 0.1) is 11.3 Å². The van der Waals surface area contributed by atoms with Gasteiger partial charge in [-0.25, -0.2) is 0 Å². The maximum Gasteiger partial charge on any atom is 0.453 e. The highest BCUT2D eigenvalue weighted by atomic mass is 19.4. The summed E-state index contributed by atoms with van der Waals surface area (Å²) in [6, 6.07) is 15.6. The van der Waals surface area contributed by atoms with E-state index < -0.39 is 29.1 Å². The molecule has 0 atom stereocenters. The van der Waals surface area contributed by atoms with Crippen LogP contribution in [0.3, 0.4) is 0 Å². The third-order valence-corrected chi connectivity index (χ3v) is 5.56. The Morgan fingerprint density at radius 2 is 1.62 bits per heavy atom. The molecule has 5 nitrogen and oxygen atoms in total. The average molecular weight is 470 g/mol. The van der Waals surface area contributed by atoms with Gasteiger partial charge in [-0.15, -0.1) is 0 Å². The van der Waals surface area contributed by atoms with Gasteiger partial charge in [0.1, 0.15) is 17.1 Å². The van der Waals surface area contributed by atoms with E-state index in [4.69, 9.17) is 13.9 Å². The molecule has 0 radical (unpaired) electrons. The van der Waals surface area contributed by atoms with Gasteiger partial charge in [0.25, 0.3) is 5.76 Å². The number of rotatable bonds is 6. The smallest absolute Gasteiger partial charge is 0.449 e. The molecule has 0 fully saturated rings. The summed E-state index contributed by atoms with van der Waals surface area (Å²) in [5.41, 5.74) is -1.35. The van der Waals surface area contributed by atoms with E-state index in [0.717, 1.165) is 16.8 Å². The molecule has 34 heavy (non-hydrogen) atoms. The summed E-state index contributed by atoms with van der Waals surface area (Å²) >= 11 is 0. The number of carbonyl (C=O) groups is 1. The molecule has 0 bridgehead atoms. The molecule has 0 aliphatic heterocycles. The standard InChI is InChI=1S/C26H21F3O5/c1-3-15(4-2)25(31)33-19-11-12-20-21(14-19)34-24(26(27,28)29)23(22(20)30)32-18-10-9-16-7-5-6-8-17(16)13-18/h5-15H,3-4H2,1-2H3. The Hall–Kier alpha value is -3.81. The minimum absolute atomic E-state index is 0.0103. The first-order chi connectivity index (χ1) is 16.2. The maximum absolute atomic E-state index is 13.8. The van der Waals surface area contributed by atoms with E-state index in [1.54, 1.807) is 24.3 Å². The van der Waals surface area contributed by atoms with Crippen molar-refractivity contribution in [3.05, 3.63) is 76.6 Å². The van der Waals surface area contributed by atoms with Crippen molar-refractivity contribution >= 4 is 27.7 Å². The number of esters is 1. The molecule has 176 valence electrons. The Kier molecular flexibility index (Phi) is 6.32. The van der Waals surface area contributed by atoms with Crippen molar-refractivity contribution < 1.29 is 31.9 Å². The highest BCUT2D eigenvalue weighted by molar-refractivity contribution is 5.84. The van der Waals surface area contributed by atoms with Crippen LogP contribution < -0.4 is 14.9 Å². The van der Waals surface area contributed by atoms with Gasteiger partial charge in [0.15, 0.2) is 0 Å². The lowest BCUT2D eigenvalue weighted by molar-refractivity contribution is -0.154. The van der Waals surface area contributed by atoms with Gasteiger partial charge in [-0.2, -0.15) is 13.2 Å². The Labute approximate surface area is 192 Å². The lowest BCUT2D eigenvalue weighted by Crippen LogP contribution is -2.19. The minimum atomic E-state index is -5.00. The Morgan fingerprint density at radius 1 is 0.941 bits per heavy atom. The Balaban J connectivity index is 1.78. The molecule has 1 aromatic heterocycles. The first-order valence-electron chi connectivity index (χ1n) is 10.8. The summed E-state index contributed by atoms with van der Waals surface area (Å²) in [4.78, 5) is 25.2. The summed E-state index contributed by atoms with van der Waals surface area (Å²) < 4.78 is 57.3. The summed E-state index contributed by atoms with van der Waals surface area (Å²) in [6.07, 6.45) is -3.88. The highest BCUT2D eigenvalue weighted by Crippen LogP contribution is 2.39. The van der Waals surface area contributed by atoms with Crippen molar-refractivity contribution in [2.45, 2.75) is 32.9 Å². The number of alkyl halides is 3. The van der Waals surface area contributed by atoms with E-state index in [2.05, 4.69) is 0 Å². The van der Waals surface area contributed by atoms with E-state index >= 15 is 0 Å². The second kappa shape index (κ2) is 9.21. The normalized spacial score (nSPS) is 11.8. The topological polar surface area (TPSA) is 65.7 Å². The summed E-state index contributed by atoms with van der Waals surface area (Å²) in [5, 5.41) is 1.47. The third-order valence-electron chi connectivity index (χ3n) is 5.56. The van der Waals surface area contributed by atoms with Crippen LogP contribution in [-0.4, -0.2) is 5.97 Å². The van der Waals surface area contributed by atoms with Gasteiger partial charge in [-0.05, 0) is 47.9 Å². The van der Waals surface area contributed by atoms with Crippen molar-refractivity contribution in [3.63, 3.8) is 0 Å². The van der Waals surface area contributed by atoms with Crippen molar-refractivity contribution in [2.75, 3.05) is 0 Å². The first-order valence-corrected chi connectivity index (χ1v) is 10.8. The zero-order valence-corrected chi connectivity index (χ0v) is 18.4. The summed E-state index contributed by atoms with van der Waals surface area (Å²) in [7, 11) is 0. The van der Waals surface area contributed by atoms with E-state index in [0.29, 0.717) is 12.8 Å². The van der Waals surface area contributed by atoms with Crippen molar-refractivity contribution in [1.82, 2.24) is 0 Å². The summed E-state index contributed by atoms with van der Waals surface area (Å²) in [6.45, 7) is 3.67. The fraction of sp³-hybridized carbons (Fsp3) is 0.231. The van der Waals surface area contributed by atoms with Crippen LogP contribution in [0.2, 0.25) is 0 Å². The zero-order valence-electron chi connectivity index (χ0n) is 18.4. The zero-order chi connectivity index (χ0) is 24.5. The number of ether oxygens (including phenoxy) is 2. The minimum Gasteiger partial charge on any atom is -0.449 e. The molecule has 0 spiro atoms. The van der Waals surface area contributed by atoms with Crippen LogP contribution in [0.15, 0.2) is 69.9 Å². The van der Waals surface area contributed by atoms with Gasteiger partial charge in [0, 0.05) is 6.07 Å². The van der Waals surface area contributed by atoms with Crippen LogP contribution in [0.4, 0.5) is 13.2 Å². The molecule has 0 aliphatic carbocycles. The molecule has 1 heterocycles. The van der Waals surface area contributed by atoms with Gasteiger partial charge in [0.2, 0.25) is 11.2 Å².